The Balaban J connectivity index is 2.40. The van der Waals surface area contributed by atoms with Gasteiger partial charge in [0.25, 0.3) is 0 Å². The molecule has 1 heterocycles. The number of alkyl halides is 1. The van der Waals surface area contributed by atoms with Crippen molar-refractivity contribution in [2.45, 2.75) is 58.0 Å². The first-order chi connectivity index (χ1) is 11.0. The van der Waals surface area contributed by atoms with Crippen molar-refractivity contribution in [3.8, 4) is 0 Å². The number of unbranched alkanes of at least 4 members (excludes halogenated alkanes) is 3. The predicted molar refractivity (Wildman–Crippen MR) is 85.1 cm³/mol. The second-order valence-electron chi connectivity index (χ2n) is 5.28. The Kier molecular flexibility index (Phi) is 9.91. The van der Waals surface area contributed by atoms with Gasteiger partial charge in [-0.25, -0.2) is 0 Å². The number of hydrogen-bond donors (Lipinski definition) is 0. The molecule has 0 saturated heterocycles. The Bertz CT molecular complexity index is 398. The molecule has 0 aromatic heterocycles. The van der Waals surface area contributed by atoms with Crippen LogP contribution < -0.4 is 0 Å². The van der Waals surface area contributed by atoms with Crippen LogP contribution in [0.25, 0.3) is 0 Å². The highest BCUT2D eigenvalue weighted by molar-refractivity contribution is 6.17. The predicted octanol–water partition coefficient (Wildman–Crippen LogP) is 2.58. The monoisotopic (exact) mass is 348 g/mol. The van der Waals surface area contributed by atoms with E-state index in [2.05, 4.69) is 0 Å². The van der Waals surface area contributed by atoms with Gasteiger partial charge >= 0.3 is 11.9 Å². The fourth-order valence-corrected chi connectivity index (χ4v) is 2.29. The molecular formula is C16H25ClO6. The molecule has 6 nitrogen and oxygen atoms in total. The maximum atomic E-state index is 11.1. The molecule has 1 rings (SSSR count). The highest BCUT2D eigenvalue weighted by atomic mass is 35.5. The lowest BCUT2D eigenvalue weighted by molar-refractivity contribution is -0.197. The minimum absolute atomic E-state index is 0.00715. The largest absolute Gasteiger partial charge is 0.463 e. The summed E-state index contributed by atoms with van der Waals surface area (Å²) in [4.78, 5) is 22.1. The maximum Gasteiger partial charge on any atom is 0.303 e. The molecule has 0 radical (unpaired) electrons. The van der Waals surface area contributed by atoms with Gasteiger partial charge in [0.1, 0.15) is 18.8 Å². The third-order valence-electron chi connectivity index (χ3n) is 3.20. The number of carbonyl (C=O) groups excluding carboxylic acids is 2. The minimum atomic E-state index is -0.588. The fraction of sp³-hybridized carbons (Fsp3) is 0.750. The van der Waals surface area contributed by atoms with Gasteiger partial charge in [0, 0.05) is 19.7 Å². The standard InChI is InChI=1S/C16H25ClO6/c1-12(18)21-11-15-14(22-13(2)19)7-8-16(23-15)20-10-6-4-3-5-9-17/h7-8,14-16H,3-6,9-11H2,1-2H3/t14-,15+,16-/m0/s1. The average Bonchev–Trinajstić information content (AvgIpc) is 2.50. The van der Waals surface area contributed by atoms with Gasteiger partial charge in [0.15, 0.2) is 6.29 Å². The molecule has 0 aromatic rings. The van der Waals surface area contributed by atoms with E-state index in [1.165, 1.54) is 13.8 Å². The van der Waals surface area contributed by atoms with E-state index in [0.717, 1.165) is 25.7 Å². The zero-order valence-corrected chi connectivity index (χ0v) is 14.4. The highest BCUT2D eigenvalue weighted by Crippen LogP contribution is 2.18. The van der Waals surface area contributed by atoms with E-state index in [0.29, 0.717) is 12.5 Å². The molecule has 0 bridgehead atoms. The van der Waals surface area contributed by atoms with Crippen LogP contribution >= 0.6 is 11.6 Å². The lowest BCUT2D eigenvalue weighted by Gasteiger charge is -2.31. The normalized spacial score (nSPS) is 23.5. The molecule has 7 heteroatoms. The summed E-state index contributed by atoms with van der Waals surface area (Å²) in [6, 6.07) is 0. The molecule has 3 atom stereocenters. The van der Waals surface area contributed by atoms with Crippen molar-refractivity contribution >= 4 is 23.5 Å². The van der Waals surface area contributed by atoms with E-state index in [1.807, 2.05) is 0 Å². The van der Waals surface area contributed by atoms with E-state index in [9.17, 15) is 9.59 Å². The fourth-order valence-electron chi connectivity index (χ4n) is 2.10. The lowest BCUT2D eigenvalue weighted by Crippen LogP contribution is -2.42. The molecule has 1 aliphatic rings. The molecule has 132 valence electrons. The first-order valence-corrected chi connectivity index (χ1v) is 8.38. The van der Waals surface area contributed by atoms with Gasteiger partial charge in [-0.2, -0.15) is 0 Å². The summed E-state index contributed by atoms with van der Waals surface area (Å²) in [5, 5.41) is 0. The Morgan fingerprint density at radius 2 is 1.83 bits per heavy atom. The lowest BCUT2D eigenvalue weighted by atomic mass is 10.1. The molecule has 0 fully saturated rings. The van der Waals surface area contributed by atoms with Crippen molar-refractivity contribution in [2.24, 2.45) is 0 Å². The number of hydrogen-bond acceptors (Lipinski definition) is 6. The number of rotatable bonds is 10. The van der Waals surface area contributed by atoms with Crippen molar-refractivity contribution in [1.29, 1.82) is 0 Å². The molecule has 0 amide bonds. The van der Waals surface area contributed by atoms with Crippen LogP contribution in [0.3, 0.4) is 0 Å². The topological polar surface area (TPSA) is 71.1 Å². The van der Waals surface area contributed by atoms with E-state index >= 15 is 0 Å². The molecule has 0 unspecified atom stereocenters. The average molecular weight is 349 g/mol. The second kappa shape index (κ2) is 11.4. The van der Waals surface area contributed by atoms with Gasteiger partial charge < -0.3 is 18.9 Å². The van der Waals surface area contributed by atoms with Gasteiger partial charge in [-0.1, -0.05) is 12.8 Å². The van der Waals surface area contributed by atoms with Crippen molar-refractivity contribution < 1.29 is 28.5 Å². The number of carbonyl (C=O) groups is 2. The van der Waals surface area contributed by atoms with E-state index in [4.69, 9.17) is 30.5 Å². The van der Waals surface area contributed by atoms with E-state index in [-0.39, 0.29) is 6.61 Å². The van der Waals surface area contributed by atoms with Crippen LogP contribution in [-0.2, 0) is 28.5 Å². The molecule has 23 heavy (non-hydrogen) atoms. The zero-order valence-electron chi connectivity index (χ0n) is 13.7. The maximum absolute atomic E-state index is 11.1. The molecular weight excluding hydrogens is 324 g/mol. The van der Waals surface area contributed by atoms with Gasteiger partial charge in [0.05, 0.1) is 6.61 Å². The Labute approximate surface area is 142 Å². The number of halogens is 1. The van der Waals surface area contributed by atoms with E-state index < -0.39 is 30.4 Å². The summed E-state index contributed by atoms with van der Waals surface area (Å²) in [5.74, 6) is -0.152. The summed E-state index contributed by atoms with van der Waals surface area (Å²) < 4.78 is 21.4. The van der Waals surface area contributed by atoms with Crippen LogP contribution in [0.15, 0.2) is 12.2 Å². The zero-order chi connectivity index (χ0) is 17.1. The van der Waals surface area contributed by atoms with Gasteiger partial charge in [-0.15, -0.1) is 11.6 Å². The minimum Gasteiger partial charge on any atom is -0.463 e. The molecule has 1 aliphatic heterocycles. The molecule has 0 saturated carbocycles. The SMILES string of the molecule is CC(=O)OC[C@H]1O[C@H](OCCCCCCCl)C=C[C@@H]1OC(C)=O. The summed E-state index contributed by atoms with van der Waals surface area (Å²) in [5.41, 5.74) is 0. The third-order valence-corrected chi connectivity index (χ3v) is 3.46. The van der Waals surface area contributed by atoms with Gasteiger partial charge in [-0.3, -0.25) is 9.59 Å². The molecule has 0 aliphatic carbocycles. The quantitative estimate of drug-likeness (QED) is 0.261. The second-order valence-corrected chi connectivity index (χ2v) is 5.66. The highest BCUT2D eigenvalue weighted by Gasteiger charge is 2.30. The Morgan fingerprint density at radius 3 is 2.48 bits per heavy atom. The van der Waals surface area contributed by atoms with Crippen molar-refractivity contribution in [3.05, 3.63) is 12.2 Å². The van der Waals surface area contributed by atoms with Crippen molar-refractivity contribution in [1.82, 2.24) is 0 Å². The van der Waals surface area contributed by atoms with Crippen LogP contribution in [0.2, 0.25) is 0 Å². The van der Waals surface area contributed by atoms with Crippen LogP contribution in [0.1, 0.15) is 39.5 Å². The Hall–Kier alpha value is -1.11. The van der Waals surface area contributed by atoms with Crippen LogP contribution in [-0.4, -0.2) is 49.5 Å². The van der Waals surface area contributed by atoms with Gasteiger partial charge in [-0.05, 0) is 25.0 Å². The smallest absolute Gasteiger partial charge is 0.303 e. The first kappa shape index (κ1) is 19.9. The van der Waals surface area contributed by atoms with Crippen molar-refractivity contribution in [2.75, 3.05) is 19.1 Å². The number of ether oxygens (including phenoxy) is 4. The Morgan fingerprint density at radius 1 is 1.09 bits per heavy atom. The van der Waals surface area contributed by atoms with Crippen LogP contribution in [0, 0.1) is 0 Å². The van der Waals surface area contributed by atoms with E-state index in [1.54, 1.807) is 12.2 Å². The summed E-state index contributed by atoms with van der Waals surface area (Å²) in [6.07, 6.45) is 5.78. The summed E-state index contributed by atoms with van der Waals surface area (Å²) >= 11 is 5.62. The summed E-state index contributed by atoms with van der Waals surface area (Å²) in [6.45, 7) is 3.21. The third kappa shape index (κ3) is 8.93. The van der Waals surface area contributed by atoms with Crippen molar-refractivity contribution in [3.63, 3.8) is 0 Å². The first-order valence-electron chi connectivity index (χ1n) is 7.85. The number of esters is 2. The van der Waals surface area contributed by atoms with Gasteiger partial charge in [0.2, 0.25) is 0 Å². The van der Waals surface area contributed by atoms with Crippen LogP contribution in [0.4, 0.5) is 0 Å². The summed E-state index contributed by atoms with van der Waals surface area (Å²) in [7, 11) is 0. The molecule has 0 spiro atoms. The van der Waals surface area contributed by atoms with Crippen LogP contribution in [0.5, 0.6) is 0 Å². The molecule has 0 aromatic carbocycles. The molecule has 0 N–H and O–H groups in total.